The molecule has 34 heavy (non-hydrogen) atoms. The van der Waals surface area contributed by atoms with Gasteiger partial charge >= 0.3 is 0 Å². The number of hydrogen-bond donors (Lipinski definition) is 4. The Labute approximate surface area is 201 Å². The first kappa shape index (κ1) is 25.7. The number of carbonyl (C=O) groups is 3. The molecular formula is C26H38N4O4. The summed E-state index contributed by atoms with van der Waals surface area (Å²) in [6, 6.07) is 7.41. The number of nitrogens with zero attached hydrogens (tertiary/aromatic N) is 1. The molecule has 0 radical (unpaired) electrons. The quantitative estimate of drug-likeness (QED) is 0.383. The van der Waals surface area contributed by atoms with Crippen LogP contribution in [0.2, 0.25) is 0 Å². The highest BCUT2D eigenvalue weighted by molar-refractivity contribution is 5.91. The first-order chi connectivity index (χ1) is 16.4. The lowest BCUT2D eigenvalue weighted by Crippen LogP contribution is -2.50. The van der Waals surface area contributed by atoms with E-state index < -0.39 is 17.9 Å². The van der Waals surface area contributed by atoms with Crippen molar-refractivity contribution < 1.29 is 19.6 Å². The number of fused-ring (bicyclic) bond motifs is 5. The predicted octanol–water partition coefficient (Wildman–Crippen LogP) is 3.31. The summed E-state index contributed by atoms with van der Waals surface area (Å²) in [6.07, 6.45) is 8.18. The minimum atomic E-state index is -0.749. The molecule has 1 unspecified atom stereocenters. The second-order valence-corrected chi connectivity index (χ2v) is 9.75. The van der Waals surface area contributed by atoms with Crippen LogP contribution in [0.15, 0.2) is 30.5 Å². The van der Waals surface area contributed by atoms with Gasteiger partial charge in [-0.05, 0) is 36.8 Å². The molecule has 1 aliphatic rings. The maximum Gasteiger partial charge on any atom is 0.244 e. The van der Waals surface area contributed by atoms with Crippen LogP contribution in [0.5, 0.6) is 0 Å². The van der Waals surface area contributed by atoms with Gasteiger partial charge in [0.1, 0.15) is 6.04 Å². The van der Waals surface area contributed by atoms with Crippen LogP contribution >= 0.6 is 0 Å². The number of carbonyl (C=O) groups excluding carboxylic acids is 3. The second kappa shape index (κ2) is 12.6. The number of amides is 3. The summed E-state index contributed by atoms with van der Waals surface area (Å²) in [4.78, 5) is 38.1. The molecule has 1 aliphatic heterocycles. The largest absolute Gasteiger partial charge is 0.354 e. The van der Waals surface area contributed by atoms with E-state index in [-0.39, 0.29) is 24.2 Å². The zero-order valence-corrected chi connectivity index (χ0v) is 20.3. The number of para-hydroxylation sites is 1. The number of aromatic nitrogens is 1. The average Bonchev–Trinajstić information content (AvgIpc) is 3.16. The van der Waals surface area contributed by atoms with Crippen LogP contribution in [-0.4, -0.2) is 40.1 Å². The van der Waals surface area contributed by atoms with Crippen LogP contribution < -0.4 is 16.1 Å². The van der Waals surface area contributed by atoms with E-state index in [4.69, 9.17) is 5.21 Å². The lowest BCUT2D eigenvalue weighted by Gasteiger charge is -2.23. The summed E-state index contributed by atoms with van der Waals surface area (Å²) in [7, 11) is 0. The maximum atomic E-state index is 13.2. The van der Waals surface area contributed by atoms with Crippen molar-refractivity contribution in [2.75, 3.05) is 6.54 Å². The normalized spacial score (nSPS) is 18.7. The van der Waals surface area contributed by atoms with Gasteiger partial charge in [0.25, 0.3) is 0 Å². The number of hydrogen-bond acceptors (Lipinski definition) is 4. The number of nitrogens with one attached hydrogen (secondary N) is 3. The van der Waals surface area contributed by atoms with E-state index in [1.807, 2.05) is 26.0 Å². The third-order valence-corrected chi connectivity index (χ3v) is 6.49. The van der Waals surface area contributed by atoms with Gasteiger partial charge in [-0.25, -0.2) is 5.48 Å². The molecule has 4 N–H and O–H groups in total. The molecule has 0 fully saturated rings. The molecule has 0 aliphatic carbocycles. The number of rotatable bonds is 6. The molecule has 1 aromatic carbocycles. The van der Waals surface area contributed by atoms with Gasteiger partial charge in [-0.2, -0.15) is 0 Å². The monoisotopic (exact) mass is 470 g/mol. The summed E-state index contributed by atoms with van der Waals surface area (Å²) in [5.74, 6) is -1.62. The van der Waals surface area contributed by atoms with E-state index in [1.165, 1.54) is 0 Å². The Hall–Kier alpha value is -2.87. The molecule has 3 amide bonds. The smallest absolute Gasteiger partial charge is 0.244 e. The molecule has 2 bridgehead atoms. The third kappa shape index (κ3) is 7.06. The Morgan fingerprint density at radius 3 is 2.65 bits per heavy atom. The molecule has 2 aromatic rings. The Morgan fingerprint density at radius 2 is 1.88 bits per heavy atom. The highest BCUT2D eigenvalue weighted by Gasteiger charge is 2.29. The summed E-state index contributed by atoms with van der Waals surface area (Å²) in [6.45, 7) is 5.45. The molecule has 0 saturated heterocycles. The fourth-order valence-electron chi connectivity index (χ4n) is 4.78. The van der Waals surface area contributed by atoms with Gasteiger partial charge in [-0.3, -0.25) is 19.6 Å². The van der Waals surface area contributed by atoms with Crippen molar-refractivity contribution in [3.8, 4) is 0 Å². The zero-order chi connectivity index (χ0) is 24.5. The van der Waals surface area contributed by atoms with Crippen LogP contribution in [-0.2, 0) is 27.3 Å². The highest BCUT2D eigenvalue weighted by atomic mass is 16.5. The van der Waals surface area contributed by atoms with Crippen LogP contribution in [0, 0.1) is 11.8 Å². The Kier molecular flexibility index (Phi) is 9.51. The van der Waals surface area contributed by atoms with Crippen molar-refractivity contribution in [3.63, 3.8) is 0 Å². The first-order valence-electron chi connectivity index (χ1n) is 12.5. The fourth-order valence-corrected chi connectivity index (χ4v) is 4.78. The minimum Gasteiger partial charge on any atom is -0.354 e. The van der Waals surface area contributed by atoms with Gasteiger partial charge < -0.3 is 15.2 Å². The van der Waals surface area contributed by atoms with Gasteiger partial charge in [0.2, 0.25) is 17.7 Å². The van der Waals surface area contributed by atoms with E-state index in [2.05, 4.69) is 33.5 Å². The zero-order valence-electron chi connectivity index (χ0n) is 20.3. The second-order valence-electron chi connectivity index (χ2n) is 9.75. The summed E-state index contributed by atoms with van der Waals surface area (Å²) < 4.78 is 2.25. The van der Waals surface area contributed by atoms with Gasteiger partial charge in [0.05, 0.1) is 0 Å². The van der Waals surface area contributed by atoms with Crippen molar-refractivity contribution >= 4 is 28.6 Å². The number of aryl methyl sites for hydroxylation is 1. The molecule has 2 heterocycles. The molecule has 8 heteroatoms. The molecular weight excluding hydrogens is 432 g/mol. The van der Waals surface area contributed by atoms with Crippen LogP contribution in [0.4, 0.5) is 0 Å². The predicted molar refractivity (Wildman–Crippen MR) is 131 cm³/mol. The summed E-state index contributed by atoms with van der Waals surface area (Å²) in [5.41, 5.74) is 3.76. The summed E-state index contributed by atoms with van der Waals surface area (Å²) >= 11 is 0. The Bertz CT molecular complexity index is 984. The molecule has 0 spiro atoms. The maximum absolute atomic E-state index is 13.2. The van der Waals surface area contributed by atoms with Gasteiger partial charge in [-0.15, -0.1) is 0 Å². The van der Waals surface area contributed by atoms with Crippen LogP contribution in [0.25, 0.3) is 10.9 Å². The minimum absolute atomic E-state index is 0.131. The summed E-state index contributed by atoms with van der Waals surface area (Å²) in [5, 5.41) is 15.9. The van der Waals surface area contributed by atoms with Crippen molar-refractivity contribution in [1.82, 2.24) is 20.7 Å². The average molecular weight is 471 g/mol. The molecule has 186 valence electrons. The van der Waals surface area contributed by atoms with Crippen molar-refractivity contribution in [2.45, 2.75) is 77.8 Å². The van der Waals surface area contributed by atoms with Gasteiger partial charge in [-0.1, -0.05) is 51.3 Å². The Morgan fingerprint density at radius 1 is 1.15 bits per heavy atom. The standard InChI is InChI=1S/C26H38N4O4/c1-18(2)14-19(16-24(31)29-34)25(32)28-22-15-20-17-30(23-11-7-6-10-21(20)23)13-9-5-3-4-8-12-27-26(22)33/h6-7,10-11,17-19,22,34H,3-5,8-9,12-16H2,1-2H3,(H,27,33)(H,28,32)(H,29,31)/t19-,22?/m1/s1. The van der Waals surface area contributed by atoms with Crippen molar-refractivity contribution in [3.05, 3.63) is 36.0 Å². The van der Waals surface area contributed by atoms with Crippen LogP contribution in [0.1, 0.15) is 64.4 Å². The van der Waals surface area contributed by atoms with E-state index in [0.29, 0.717) is 19.4 Å². The van der Waals surface area contributed by atoms with E-state index in [0.717, 1.165) is 55.1 Å². The molecule has 3 rings (SSSR count). The SMILES string of the molecule is CC(C)C[C@H](CC(=O)NO)C(=O)NC1Cc2cn(c3ccccc23)CCCCCCCNC1=O. The highest BCUT2D eigenvalue weighted by Crippen LogP contribution is 2.24. The fraction of sp³-hybridized carbons (Fsp3) is 0.577. The van der Waals surface area contributed by atoms with Crippen LogP contribution in [0.3, 0.4) is 0 Å². The van der Waals surface area contributed by atoms with Crippen molar-refractivity contribution in [2.24, 2.45) is 11.8 Å². The van der Waals surface area contributed by atoms with E-state index in [9.17, 15) is 14.4 Å². The first-order valence-corrected chi connectivity index (χ1v) is 12.5. The third-order valence-electron chi connectivity index (χ3n) is 6.49. The number of hydroxylamine groups is 1. The number of benzene rings is 1. The van der Waals surface area contributed by atoms with E-state index >= 15 is 0 Å². The topological polar surface area (TPSA) is 112 Å². The molecule has 8 nitrogen and oxygen atoms in total. The van der Waals surface area contributed by atoms with Gasteiger partial charge in [0.15, 0.2) is 0 Å². The lowest BCUT2D eigenvalue weighted by molar-refractivity contribution is -0.136. The Balaban J connectivity index is 1.88. The van der Waals surface area contributed by atoms with Gasteiger partial charge in [0, 0.05) is 48.9 Å². The molecule has 2 atom stereocenters. The van der Waals surface area contributed by atoms with Crippen molar-refractivity contribution in [1.29, 1.82) is 0 Å². The lowest BCUT2D eigenvalue weighted by atomic mass is 9.92. The van der Waals surface area contributed by atoms with E-state index in [1.54, 1.807) is 5.48 Å². The molecule has 0 saturated carbocycles. The molecule has 1 aromatic heterocycles.